The van der Waals surface area contributed by atoms with Gasteiger partial charge < -0.3 is 14.8 Å². The summed E-state index contributed by atoms with van der Waals surface area (Å²) in [7, 11) is 3.38. The van der Waals surface area contributed by atoms with E-state index in [4.69, 9.17) is 9.47 Å². The summed E-state index contributed by atoms with van der Waals surface area (Å²) in [5, 5.41) is 3.51. The van der Waals surface area contributed by atoms with E-state index in [0.29, 0.717) is 5.92 Å². The molecule has 21 heavy (non-hydrogen) atoms. The molecule has 1 aliphatic rings. The Kier molecular flexibility index (Phi) is 4.11. The first-order chi connectivity index (χ1) is 10.3. The summed E-state index contributed by atoms with van der Waals surface area (Å²) in [5.41, 5.74) is 4.11. The molecule has 0 amide bonds. The third-order valence-electron chi connectivity index (χ3n) is 4.09. The lowest BCUT2D eigenvalue weighted by molar-refractivity contribution is 0.393. The lowest BCUT2D eigenvalue weighted by Gasteiger charge is -2.26. The Hall–Kier alpha value is -2.00. The van der Waals surface area contributed by atoms with Gasteiger partial charge in [0, 0.05) is 25.1 Å². The zero-order chi connectivity index (χ0) is 14.7. The molecule has 2 aromatic rings. The van der Waals surface area contributed by atoms with Gasteiger partial charge in [-0.3, -0.25) is 0 Å². The van der Waals surface area contributed by atoms with Gasteiger partial charge in [0.1, 0.15) is 11.5 Å². The van der Waals surface area contributed by atoms with E-state index in [1.807, 2.05) is 6.07 Å². The largest absolute Gasteiger partial charge is 0.497 e. The molecule has 3 rings (SSSR count). The fourth-order valence-corrected chi connectivity index (χ4v) is 3.04. The average Bonchev–Trinajstić information content (AvgIpc) is 2.55. The van der Waals surface area contributed by atoms with Crippen LogP contribution in [-0.2, 0) is 13.0 Å². The number of benzene rings is 2. The van der Waals surface area contributed by atoms with Gasteiger partial charge in [0.15, 0.2) is 0 Å². The third kappa shape index (κ3) is 3.03. The second kappa shape index (κ2) is 6.19. The molecular formula is C18H21NO2. The van der Waals surface area contributed by atoms with E-state index < -0.39 is 0 Å². The molecule has 110 valence electrons. The minimum absolute atomic E-state index is 0.492. The van der Waals surface area contributed by atoms with Crippen LogP contribution in [-0.4, -0.2) is 20.8 Å². The van der Waals surface area contributed by atoms with Crippen molar-refractivity contribution in [2.75, 3.05) is 20.8 Å². The Bertz CT molecular complexity index is 602. The van der Waals surface area contributed by atoms with Crippen LogP contribution < -0.4 is 14.8 Å². The van der Waals surface area contributed by atoms with Crippen molar-refractivity contribution in [3.8, 4) is 11.5 Å². The van der Waals surface area contributed by atoms with E-state index in [1.54, 1.807) is 14.2 Å². The molecule has 1 N–H and O–H groups in total. The monoisotopic (exact) mass is 283 g/mol. The van der Waals surface area contributed by atoms with Crippen LogP contribution in [0.1, 0.15) is 22.6 Å². The van der Waals surface area contributed by atoms with Gasteiger partial charge in [-0.15, -0.1) is 0 Å². The molecule has 3 nitrogen and oxygen atoms in total. The molecule has 0 fully saturated rings. The fraction of sp³-hybridized carbons (Fsp3) is 0.333. The molecule has 1 unspecified atom stereocenters. The normalized spacial score (nSPS) is 17.1. The van der Waals surface area contributed by atoms with E-state index in [1.165, 1.54) is 16.7 Å². The first-order valence-corrected chi connectivity index (χ1v) is 7.30. The number of rotatable bonds is 4. The topological polar surface area (TPSA) is 30.5 Å². The van der Waals surface area contributed by atoms with Crippen molar-refractivity contribution in [3.63, 3.8) is 0 Å². The van der Waals surface area contributed by atoms with Crippen LogP contribution in [0.2, 0.25) is 0 Å². The zero-order valence-electron chi connectivity index (χ0n) is 12.6. The number of fused-ring (bicyclic) bond motifs is 1. The predicted molar refractivity (Wildman–Crippen MR) is 84.1 cm³/mol. The van der Waals surface area contributed by atoms with Gasteiger partial charge in [-0.1, -0.05) is 24.3 Å². The van der Waals surface area contributed by atoms with E-state index in [0.717, 1.165) is 31.0 Å². The second-order valence-electron chi connectivity index (χ2n) is 5.45. The molecule has 0 aliphatic carbocycles. The molecule has 1 aliphatic heterocycles. The number of hydrogen-bond donors (Lipinski definition) is 1. The third-order valence-corrected chi connectivity index (χ3v) is 4.09. The van der Waals surface area contributed by atoms with E-state index >= 15 is 0 Å². The number of ether oxygens (including phenoxy) is 2. The fourth-order valence-electron chi connectivity index (χ4n) is 3.04. The molecule has 0 aromatic heterocycles. The first kappa shape index (κ1) is 14.0. The zero-order valence-corrected chi connectivity index (χ0v) is 12.6. The Morgan fingerprint density at radius 3 is 2.48 bits per heavy atom. The molecule has 3 heteroatoms. The van der Waals surface area contributed by atoms with Gasteiger partial charge in [0.05, 0.1) is 14.2 Å². The number of hydrogen-bond acceptors (Lipinski definition) is 3. The van der Waals surface area contributed by atoms with Crippen LogP contribution in [0.3, 0.4) is 0 Å². The molecule has 0 saturated carbocycles. The smallest absolute Gasteiger partial charge is 0.122 e. The van der Waals surface area contributed by atoms with Crippen molar-refractivity contribution in [1.82, 2.24) is 5.32 Å². The minimum Gasteiger partial charge on any atom is -0.497 e. The van der Waals surface area contributed by atoms with Gasteiger partial charge >= 0.3 is 0 Å². The Morgan fingerprint density at radius 1 is 1.05 bits per heavy atom. The molecule has 0 saturated heterocycles. The standard InChI is InChI=1S/C18H21NO2/c1-20-16-8-13(9-17(10-16)21-2)7-15-12-19-11-14-5-3-4-6-18(14)15/h3-6,8-10,15,19H,7,11-12H2,1-2H3. The van der Waals surface area contributed by atoms with Crippen LogP contribution in [0, 0.1) is 0 Å². The Labute approximate surface area is 125 Å². The van der Waals surface area contributed by atoms with Crippen molar-refractivity contribution < 1.29 is 9.47 Å². The highest BCUT2D eigenvalue weighted by atomic mass is 16.5. The van der Waals surface area contributed by atoms with Gasteiger partial charge in [-0.25, -0.2) is 0 Å². The van der Waals surface area contributed by atoms with Crippen molar-refractivity contribution in [2.45, 2.75) is 18.9 Å². The molecule has 0 radical (unpaired) electrons. The Balaban J connectivity index is 1.87. The summed E-state index contributed by atoms with van der Waals surface area (Å²) in [5.74, 6) is 2.19. The molecule has 1 atom stereocenters. The van der Waals surface area contributed by atoms with Gasteiger partial charge in [0.2, 0.25) is 0 Å². The predicted octanol–water partition coefficient (Wildman–Crippen LogP) is 3.13. The maximum Gasteiger partial charge on any atom is 0.122 e. The van der Waals surface area contributed by atoms with E-state index in [2.05, 4.69) is 41.7 Å². The summed E-state index contributed by atoms with van der Waals surface area (Å²) in [6, 6.07) is 14.8. The first-order valence-electron chi connectivity index (χ1n) is 7.30. The molecule has 0 bridgehead atoms. The van der Waals surface area contributed by atoms with Crippen LogP contribution in [0.25, 0.3) is 0 Å². The minimum atomic E-state index is 0.492. The van der Waals surface area contributed by atoms with Crippen LogP contribution in [0.15, 0.2) is 42.5 Å². The summed E-state index contributed by atoms with van der Waals surface area (Å²) >= 11 is 0. The van der Waals surface area contributed by atoms with Gasteiger partial charge in [-0.05, 0) is 35.2 Å². The number of nitrogens with one attached hydrogen (secondary N) is 1. The van der Waals surface area contributed by atoms with Crippen molar-refractivity contribution >= 4 is 0 Å². The second-order valence-corrected chi connectivity index (χ2v) is 5.45. The highest BCUT2D eigenvalue weighted by molar-refractivity contribution is 5.40. The quantitative estimate of drug-likeness (QED) is 0.935. The lowest BCUT2D eigenvalue weighted by Crippen LogP contribution is -2.29. The lowest BCUT2D eigenvalue weighted by atomic mass is 9.86. The highest BCUT2D eigenvalue weighted by Crippen LogP contribution is 2.30. The number of methoxy groups -OCH3 is 2. The maximum atomic E-state index is 5.36. The SMILES string of the molecule is COc1cc(CC2CNCc3ccccc32)cc(OC)c1. The van der Waals surface area contributed by atoms with Gasteiger partial charge in [0.25, 0.3) is 0 Å². The summed E-state index contributed by atoms with van der Waals surface area (Å²) in [6.45, 7) is 1.98. The average molecular weight is 283 g/mol. The molecule has 2 aromatic carbocycles. The van der Waals surface area contributed by atoms with Crippen LogP contribution in [0.4, 0.5) is 0 Å². The molecule has 0 spiro atoms. The van der Waals surface area contributed by atoms with E-state index in [9.17, 15) is 0 Å². The maximum absolute atomic E-state index is 5.36. The van der Waals surface area contributed by atoms with Crippen molar-refractivity contribution in [1.29, 1.82) is 0 Å². The van der Waals surface area contributed by atoms with Crippen molar-refractivity contribution in [3.05, 3.63) is 59.2 Å². The Morgan fingerprint density at radius 2 is 1.76 bits per heavy atom. The summed E-state index contributed by atoms with van der Waals surface area (Å²) in [4.78, 5) is 0. The summed E-state index contributed by atoms with van der Waals surface area (Å²) in [6.07, 6.45) is 0.984. The molecule has 1 heterocycles. The highest BCUT2D eigenvalue weighted by Gasteiger charge is 2.20. The van der Waals surface area contributed by atoms with Crippen molar-refractivity contribution in [2.24, 2.45) is 0 Å². The van der Waals surface area contributed by atoms with Crippen LogP contribution >= 0.6 is 0 Å². The van der Waals surface area contributed by atoms with Crippen LogP contribution in [0.5, 0.6) is 11.5 Å². The molecular weight excluding hydrogens is 262 g/mol. The van der Waals surface area contributed by atoms with E-state index in [-0.39, 0.29) is 0 Å². The van der Waals surface area contributed by atoms with Gasteiger partial charge in [-0.2, -0.15) is 0 Å². The summed E-state index contributed by atoms with van der Waals surface area (Å²) < 4.78 is 10.7.